The Hall–Kier alpha value is -2.09. The number of nitrogens with zero attached hydrogens (tertiary/aromatic N) is 2. The van der Waals surface area contributed by atoms with E-state index in [1.165, 1.54) is 5.56 Å². The van der Waals surface area contributed by atoms with Gasteiger partial charge in [-0.15, -0.1) is 24.0 Å². The Bertz CT molecular complexity index is 734. The fourth-order valence-electron chi connectivity index (χ4n) is 2.64. The molecule has 0 heterocycles. The second-order valence-corrected chi connectivity index (χ2v) is 6.07. The molecule has 27 heavy (non-hydrogen) atoms. The number of aliphatic imine (C=N–C) groups is 1. The van der Waals surface area contributed by atoms with Gasteiger partial charge in [0.2, 0.25) is 0 Å². The molecule has 0 aliphatic heterocycles. The number of halogens is 1. The monoisotopic (exact) mass is 480 g/mol. The molecule has 2 aromatic rings. The van der Waals surface area contributed by atoms with Crippen LogP contribution < -0.4 is 10.6 Å². The van der Waals surface area contributed by atoms with E-state index in [9.17, 15) is 4.79 Å². The van der Waals surface area contributed by atoms with Crippen molar-refractivity contribution in [3.8, 4) is 0 Å². The third-order valence-electron chi connectivity index (χ3n) is 3.90. The van der Waals surface area contributed by atoms with Crippen LogP contribution in [0.5, 0.6) is 0 Å². The van der Waals surface area contributed by atoms with Crippen molar-refractivity contribution in [1.82, 2.24) is 15.5 Å². The van der Waals surface area contributed by atoms with E-state index in [1.54, 1.807) is 0 Å². The number of rotatable bonds is 7. The number of hydrogen-bond donors (Lipinski definition) is 2. The molecular formula is C21H29IN4O. The van der Waals surface area contributed by atoms with Gasteiger partial charge >= 0.3 is 0 Å². The zero-order valence-electron chi connectivity index (χ0n) is 16.2. The molecule has 0 unspecified atom stereocenters. The summed E-state index contributed by atoms with van der Waals surface area (Å²) in [6.07, 6.45) is 0. The van der Waals surface area contributed by atoms with E-state index in [0.717, 1.165) is 24.6 Å². The molecule has 0 aromatic heterocycles. The number of carbonyl (C=O) groups is 1. The van der Waals surface area contributed by atoms with Crippen molar-refractivity contribution in [3.05, 3.63) is 71.3 Å². The normalized spacial score (nSPS) is 10.7. The maximum Gasteiger partial charge on any atom is 0.251 e. The van der Waals surface area contributed by atoms with Crippen molar-refractivity contribution in [2.75, 3.05) is 20.1 Å². The molecule has 146 valence electrons. The average Bonchev–Trinajstić information content (AvgIpc) is 2.66. The summed E-state index contributed by atoms with van der Waals surface area (Å²) >= 11 is 0. The number of nitrogens with one attached hydrogen (secondary N) is 2. The van der Waals surface area contributed by atoms with Gasteiger partial charge in [-0.05, 0) is 37.1 Å². The van der Waals surface area contributed by atoms with Crippen molar-refractivity contribution in [2.24, 2.45) is 4.99 Å². The van der Waals surface area contributed by atoms with Crippen LogP contribution in [0.2, 0.25) is 0 Å². The summed E-state index contributed by atoms with van der Waals surface area (Å²) in [5.74, 6) is 0.797. The van der Waals surface area contributed by atoms with Crippen molar-refractivity contribution in [1.29, 1.82) is 0 Å². The first kappa shape index (κ1) is 23.0. The zero-order chi connectivity index (χ0) is 18.8. The summed E-state index contributed by atoms with van der Waals surface area (Å²) in [5.41, 5.74) is 2.92. The minimum atomic E-state index is -0.0496. The lowest BCUT2D eigenvalue weighted by atomic mass is 10.1. The smallest absolute Gasteiger partial charge is 0.251 e. The van der Waals surface area contributed by atoms with Gasteiger partial charge in [-0.3, -0.25) is 4.79 Å². The summed E-state index contributed by atoms with van der Waals surface area (Å²) in [6.45, 7) is 6.70. The SMILES string of the molecule is CCNC(=O)c1cccc(CN=C(NCC)N(C)Cc2ccccc2)c1.I. The third kappa shape index (κ3) is 7.58. The number of amides is 1. The lowest BCUT2D eigenvalue weighted by Gasteiger charge is -2.22. The van der Waals surface area contributed by atoms with Gasteiger partial charge in [0, 0.05) is 32.2 Å². The maximum atomic E-state index is 12.0. The van der Waals surface area contributed by atoms with Gasteiger partial charge in [-0.25, -0.2) is 4.99 Å². The third-order valence-corrected chi connectivity index (χ3v) is 3.90. The summed E-state index contributed by atoms with van der Waals surface area (Å²) in [7, 11) is 2.03. The minimum absolute atomic E-state index is 0. The van der Waals surface area contributed by atoms with Crippen molar-refractivity contribution in [2.45, 2.75) is 26.9 Å². The molecule has 1 amide bonds. The summed E-state index contributed by atoms with van der Waals surface area (Å²) < 4.78 is 0. The van der Waals surface area contributed by atoms with Crippen LogP contribution in [0.15, 0.2) is 59.6 Å². The van der Waals surface area contributed by atoms with E-state index in [0.29, 0.717) is 18.7 Å². The van der Waals surface area contributed by atoms with Crippen LogP contribution in [0.3, 0.4) is 0 Å². The molecule has 0 fully saturated rings. The standard InChI is InChI=1S/C21H28N4O.HI/c1-4-22-20(26)19-13-9-12-18(14-19)15-24-21(23-5-2)25(3)16-17-10-7-6-8-11-17;/h6-14H,4-5,15-16H2,1-3H3,(H,22,26)(H,23,24);1H. The lowest BCUT2D eigenvalue weighted by Crippen LogP contribution is -2.38. The van der Waals surface area contributed by atoms with Crippen LogP contribution >= 0.6 is 24.0 Å². The number of carbonyl (C=O) groups excluding carboxylic acids is 1. The van der Waals surface area contributed by atoms with Gasteiger partial charge in [0.25, 0.3) is 5.91 Å². The molecule has 2 rings (SSSR count). The predicted molar refractivity (Wildman–Crippen MR) is 123 cm³/mol. The van der Waals surface area contributed by atoms with Gasteiger partial charge < -0.3 is 15.5 Å². The zero-order valence-corrected chi connectivity index (χ0v) is 18.6. The molecule has 0 bridgehead atoms. The van der Waals surface area contributed by atoms with Crippen LogP contribution in [0.25, 0.3) is 0 Å². The molecule has 5 nitrogen and oxygen atoms in total. The van der Waals surface area contributed by atoms with E-state index >= 15 is 0 Å². The highest BCUT2D eigenvalue weighted by atomic mass is 127. The highest BCUT2D eigenvalue weighted by Gasteiger charge is 2.08. The van der Waals surface area contributed by atoms with Crippen LogP contribution in [0.4, 0.5) is 0 Å². The Labute approximate surface area is 179 Å². The summed E-state index contributed by atoms with van der Waals surface area (Å²) in [4.78, 5) is 18.8. The quantitative estimate of drug-likeness (QED) is 0.362. The lowest BCUT2D eigenvalue weighted by molar-refractivity contribution is 0.0955. The maximum absolute atomic E-state index is 12.0. The van der Waals surface area contributed by atoms with Gasteiger partial charge in [-0.2, -0.15) is 0 Å². The molecule has 2 N–H and O–H groups in total. The van der Waals surface area contributed by atoms with Crippen molar-refractivity contribution >= 4 is 35.8 Å². The Morgan fingerprint density at radius 1 is 0.963 bits per heavy atom. The first-order valence-electron chi connectivity index (χ1n) is 9.04. The van der Waals surface area contributed by atoms with Gasteiger partial charge in [-0.1, -0.05) is 42.5 Å². The first-order valence-corrected chi connectivity index (χ1v) is 9.04. The van der Waals surface area contributed by atoms with Crippen LogP contribution in [0, 0.1) is 0 Å². The molecule has 0 saturated carbocycles. The van der Waals surface area contributed by atoms with E-state index in [1.807, 2.05) is 56.4 Å². The summed E-state index contributed by atoms with van der Waals surface area (Å²) in [6, 6.07) is 17.9. The molecule has 0 aliphatic rings. The Kier molecular flexibility index (Phi) is 10.5. The van der Waals surface area contributed by atoms with Crippen LogP contribution in [0.1, 0.15) is 35.3 Å². The fraction of sp³-hybridized carbons (Fsp3) is 0.333. The number of hydrogen-bond acceptors (Lipinski definition) is 2. The molecule has 2 aromatic carbocycles. The first-order chi connectivity index (χ1) is 12.6. The number of guanidine groups is 1. The van der Waals surface area contributed by atoms with E-state index in [-0.39, 0.29) is 29.9 Å². The highest BCUT2D eigenvalue weighted by molar-refractivity contribution is 14.0. The molecule has 0 aliphatic carbocycles. The minimum Gasteiger partial charge on any atom is -0.357 e. The average molecular weight is 480 g/mol. The van der Waals surface area contributed by atoms with Gasteiger partial charge in [0.1, 0.15) is 0 Å². The highest BCUT2D eigenvalue weighted by Crippen LogP contribution is 2.08. The van der Waals surface area contributed by atoms with Crippen LogP contribution in [-0.2, 0) is 13.1 Å². The van der Waals surface area contributed by atoms with Gasteiger partial charge in [0.05, 0.1) is 6.54 Å². The van der Waals surface area contributed by atoms with E-state index in [2.05, 4.69) is 34.6 Å². The molecule has 0 radical (unpaired) electrons. The molecule has 6 heteroatoms. The fourth-order valence-corrected chi connectivity index (χ4v) is 2.64. The number of benzene rings is 2. The Morgan fingerprint density at radius 2 is 1.63 bits per heavy atom. The second-order valence-electron chi connectivity index (χ2n) is 6.07. The summed E-state index contributed by atoms with van der Waals surface area (Å²) in [5, 5.41) is 6.15. The Balaban J connectivity index is 0.00000364. The van der Waals surface area contributed by atoms with Crippen molar-refractivity contribution in [3.63, 3.8) is 0 Å². The molecule has 0 saturated heterocycles. The van der Waals surface area contributed by atoms with E-state index in [4.69, 9.17) is 4.99 Å². The van der Waals surface area contributed by atoms with Crippen LogP contribution in [-0.4, -0.2) is 36.9 Å². The van der Waals surface area contributed by atoms with Crippen molar-refractivity contribution < 1.29 is 4.79 Å². The van der Waals surface area contributed by atoms with Gasteiger partial charge in [0.15, 0.2) is 5.96 Å². The molecular weight excluding hydrogens is 451 g/mol. The molecule has 0 atom stereocenters. The predicted octanol–water partition coefficient (Wildman–Crippen LogP) is 3.65. The van der Waals surface area contributed by atoms with E-state index < -0.39 is 0 Å². The Morgan fingerprint density at radius 3 is 2.30 bits per heavy atom. The second kappa shape index (κ2) is 12.3. The largest absolute Gasteiger partial charge is 0.357 e. The molecule has 0 spiro atoms. The topological polar surface area (TPSA) is 56.7 Å².